The molecule has 2 rings (SSSR count). The Morgan fingerprint density at radius 3 is 2.53 bits per heavy atom. The Labute approximate surface area is 103 Å². The molecule has 0 amide bonds. The molecule has 0 atom stereocenters. The van der Waals surface area contributed by atoms with E-state index in [1.54, 1.807) is 7.05 Å². The van der Waals surface area contributed by atoms with Crippen molar-refractivity contribution in [3.8, 4) is 0 Å². The summed E-state index contributed by atoms with van der Waals surface area (Å²) in [6.45, 7) is 2.01. The van der Waals surface area contributed by atoms with Crippen LogP contribution in [0.25, 0.3) is 0 Å². The first kappa shape index (κ1) is 11.7. The molecule has 0 aliphatic heterocycles. The second-order valence-electron chi connectivity index (χ2n) is 3.63. The van der Waals surface area contributed by atoms with E-state index in [0.29, 0.717) is 5.16 Å². The van der Waals surface area contributed by atoms with E-state index in [-0.39, 0.29) is 5.82 Å². The van der Waals surface area contributed by atoms with Crippen molar-refractivity contribution in [2.24, 2.45) is 7.05 Å². The van der Waals surface area contributed by atoms with Gasteiger partial charge in [-0.15, -0.1) is 0 Å². The molecule has 5 nitrogen and oxygen atoms in total. The van der Waals surface area contributed by atoms with Crippen LogP contribution in [-0.2, 0) is 7.05 Å². The third-order valence-electron chi connectivity index (χ3n) is 2.34. The van der Waals surface area contributed by atoms with Gasteiger partial charge in [0, 0.05) is 4.90 Å². The highest BCUT2D eigenvalue weighted by atomic mass is 32.2. The van der Waals surface area contributed by atoms with Gasteiger partial charge in [-0.1, -0.05) is 17.7 Å². The van der Waals surface area contributed by atoms with Gasteiger partial charge in [0.15, 0.2) is 0 Å². The second kappa shape index (κ2) is 4.58. The van der Waals surface area contributed by atoms with Crippen molar-refractivity contribution in [3.05, 3.63) is 46.1 Å². The molecule has 1 heterocycles. The van der Waals surface area contributed by atoms with E-state index in [1.165, 1.54) is 28.1 Å². The van der Waals surface area contributed by atoms with Gasteiger partial charge in [0.25, 0.3) is 5.16 Å². The first-order valence-corrected chi connectivity index (χ1v) is 5.80. The molecule has 0 bridgehead atoms. The van der Waals surface area contributed by atoms with E-state index in [4.69, 9.17) is 0 Å². The van der Waals surface area contributed by atoms with Gasteiger partial charge >= 0.3 is 5.82 Å². The monoisotopic (exact) mass is 249 g/mol. The summed E-state index contributed by atoms with van der Waals surface area (Å²) in [4.78, 5) is 15.3. The fourth-order valence-corrected chi connectivity index (χ4v) is 2.18. The number of nitro groups is 1. The van der Waals surface area contributed by atoms with Crippen LogP contribution in [0.2, 0.25) is 0 Å². The van der Waals surface area contributed by atoms with Crippen molar-refractivity contribution >= 4 is 17.6 Å². The lowest BCUT2D eigenvalue weighted by molar-refractivity contribution is -0.392. The molecule has 0 unspecified atom stereocenters. The quantitative estimate of drug-likeness (QED) is 0.620. The van der Waals surface area contributed by atoms with Crippen LogP contribution in [0.3, 0.4) is 0 Å². The van der Waals surface area contributed by atoms with Gasteiger partial charge in [-0.25, -0.2) is 9.55 Å². The average molecular weight is 249 g/mol. The average Bonchev–Trinajstić information content (AvgIpc) is 2.64. The lowest BCUT2D eigenvalue weighted by Crippen LogP contribution is -1.97. The lowest BCUT2D eigenvalue weighted by Gasteiger charge is -1.99. The maximum atomic E-state index is 10.7. The lowest BCUT2D eigenvalue weighted by atomic mass is 10.2. The van der Waals surface area contributed by atoms with Crippen molar-refractivity contribution in [1.29, 1.82) is 0 Å². The Morgan fingerprint density at radius 2 is 2.00 bits per heavy atom. The topological polar surface area (TPSA) is 61.0 Å². The first-order valence-electron chi connectivity index (χ1n) is 4.98. The smallest absolute Gasteiger partial charge is 0.343 e. The van der Waals surface area contributed by atoms with Crippen LogP contribution in [0.1, 0.15) is 5.56 Å². The van der Waals surface area contributed by atoms with Gasteiger partial charge in [0.05, 0.1) is 7.05 Å². The minimum absolute atomic E-state index is 0.000360. The molecule has 1 aromatic carbocycles. The second-order valence-corrected chi connectivity index (χ2v) is 4.67. The van der Waals surface area contributed by atoms with Crippen LogP contribution in [0.4, 0.5) is 5.82 Å². The van der Waals surface area contributed by atoms with Crippen LogP contribution in [0, 0.1) is 17.0 Å². The predicted molar refractivity (Wildman–Crippen MR) is 65.2 cm³/mol. The van der Waals surface area contributed by atoms with Gasteiger partial charge in [0.2, 0.25) is 0 Å². The Balaban J connectivity index is 2.24. The number of hydrogen-bond donors (Lipinski definition) is 0. The summed E-state index contributed by atoms with van der Waals surface area (Å²) in [5.74, 6) is -0.000360. The number of benzene rings is 1. The Bertz CT molecular complexity index is 548. The fraction of sp³-hybridized carbons (Fsp3) is 0.182. The molecule has 6 heteroatoms. The van der Waals surface area contributed by atoms with E-state index in [2.05, 4.69) is 4.98 Å². The summed E-state index contributed by atoms with van der Waals surface area (Å²) in [5.41, 5.74) is 1.18. The van der Waals surface area contributed by atoms with Gasteiger partial charge in [0.1, 0.15) is 6.20 Å². The standard InChI is InChI=1S/C11H11N3O2S/c1-8-3-5-9(6-4-8)17-11-12-7-10(13(11)2)14(15)16/h3-7H,1-2H3. The zero-order valence-corrected chi connectivity index (χ0v) is 10.3. The zero-order chi connectivity index (χ0) is 12.4. The van der Waals surface area contributed by atoms with E-state index >= 15 is 0 Å². The summed E-state index contributed by atoms with van der Waals surface area (Å²) in [6, 6.07) is 7.94. The predicted octanol–water partition coefficient (Wildman–Crippen LogP) is 2.79. The number of rotatable bonds is 3. The van der Waals surface area contributed by atoms with Crippen LogP contribution >= 0.6 is 11.8 Å². The van der Waals surface area contributed by atoms with Gasteiger partial charge in [-0.2, -0.15) is 0 Å². The molecule has 17 heavy (non-hydrogen) atoms. The molecule has 2 aromatic rings. The van der Waals surface area contributed by atoms with Gasteiger partial charge in [-0.3, -0.25) is 0 Å². The largest absolute Gasteiger partial charge is 0.358 e. The van der Waals surface area contributed by atoms with E-state index in [9.17, 15) is 10.1 Å². The summed E-state index contributed by atoms with van der Waals surface area (Å²) < 4.78 is 1.48. The molecule has 0 saturated carbocycles. The third-order valence-corrected chi connectivity index (χ3v) is 3.41. The number of imidazole rings is 1. The molecule has 0 radical (unpaired) electrons. The molecule has 0 aliphatic carbocycles. The summed E-state index contributed by atoms with van der Waals surface area (Å²) in [5, 5.41) is 11.3. The molecular formula is C11H11N3O2S. The molecular weight excluding hydrogens is 238 g/mol. The van der Waals surface area contributed by atoms with Crippen LogP contribution in [0.5, 0.6) is 0 Å². The number of hydrogen-bond acceptors (Lipinski definition) is 4. The maximum Gasteiger partial charge on any atom is 0.343 e. The Kier molecular flexibility index (Phi) is 3.14. The van der Waals surface area contributed by atoms with Gasteiger partial charge < -0.3 is 10.1 Å². The molecule has 88 valence electrons. The first-order chi connectivity index (χ1) is 8.08. The molecule has 0 N–H and O–H groups in total. The summed E-state index contributed by atoms with van der Waals surface area (Å²) >= 11 is 1.41. The van der Waals surface area contributed by atoms with E-state index in [1.807, 2.05) is 31.2 Å². The zero-order valence-electron chi connectivity index (χ0n) is 9.45. The summed E-state index contributed by atoms with van der Waals surface area (Å²) in [6.07, 6.45) is 1.27. The minimum Gasteiger partial charge on any atom is -0.358 e. The number of nitrogens with zero attached hydrogens (tertiary/aromatic N) is 3. The van der Waals surface area contributed by atoms with Crippen LogP contribution in [-0.4, -0.2) is 14.5 Å². The van der Waals surface area contributed by atoms with Crippen molar-refractivity contribution in [2.75, 3.05) is 0 Å². The number of aromatic nitrogens is 2. The minimum atomic E-state index is -0.438. The van der Waals surface area contributed by atoms with E-state index in [0.717, 1.165) is 4.90 Å². The van der Waals surface area contributed by atoms with Crippen molar-refractivity contribution in [2.45, 2.75) is 17.0 Å². The van der Waals surface area contributed by atoms with Gasteiger partial charge in [-0.05, 0) is 35.7 Å². The highest BCUT2D eigenvalue weighted by molar-refractivity contribution is 7.99. The Hall–Kier alpha value is -1.82. The molecule has 0 aliphatic rings. The summed E-state index contributed by atoms with van der Waals surface area (Å²) in [7, 11) is 1.64. The van der Waals surface area contributed by atoms with E-state index < -0.39 is 4.92 Å². The SMILES string of the molecule is Cc1ccc(Sc2ncc([N+](=O)[O-])n2C)cc1. The fourth-order valence-electron chi connectivity index (χ4n) is 1.36. The van der Waals surface area contributed by atoms with Crippen molar-refractivity contribution in [3.63, 3.8) is 0 Å². The molecule has 0 spiro atoms. The van der Waals surface area contributed by atoms with Crippen LogP contribution in [0.15, 0.2) is 40.5 Å². The normalized spacial score (nSPS) is 10.5. The van der Waals surface area contributed by atoms with Crippen molar-refractivity contribution < 1.29 is 4.92 Å². The highest BCUT2D eigenvalue weighted by Crippen LogP contribution is 2.28. The number of aryl methyl sites for hydroxylation is 1. The molecule has 0 fully saturated rings. The third kappa shape index (κ3) is 2.47. The maximum absolute atomic E-state index is 10.7. The molecule has 1 aromatic heterocycles. The Morgan fingerprint density at radius 1 is 1.35 bits per heavy atom. The molecule has 0 saturated heterocycles. The van der Waals surface area contributed by atoms with Crippen molar-refractivity contribution in [1.82, 2.24) is 9.55 Å². The highest BCUT2D eigenvalue weighted by Gasteiger charge is 2.17. The van der Waals surface area contributed by atoms with Crippen LogP contribution < -0.4 is 0 Å².